The maximum atomic E-state index is 13.7. The summed E-state index contributed by atoms with van der Waals surface area (Å²) in [5.74, 6) is -3.46. The molecule has 190 valence electrons. The number of carboxylic acids is 1. The van der Waals surface area contributed by atoms with Crippen LogP contribution in [0, 0.1) is 17.6 Å². The smallest absolute Gasteiger partial charge is 0.475 e. The Kier molecular flexibility index (Phi) is 8.55. The van der Waals surface area contributed by atoms with Gasteiger partial charge in [0.2, 0.25) is 0 Å². The van der Waals surface area contributed by atoms with E-state index in [0.717, 1.165) is 12.8 Å². The van der Waals surface area contributed by atoms with E-state index in [1.165, 1.54) is 49.2 Å². The number of hydrogen-bond acceptors (Lipinski definition) is 4. The second-order valence-electron chi connectivity index (χ2n) is 8.32. The highest BCUT2D eigenvalue weighted by Gasteiger charge is 2.38. The molecule has 1 amide bonds. The minimum absolute atomic E-state index is 0.0455. The average Bonchev–Trinajstić information content (AvgIpc) is 3.12. The summed E-state index contributed by atoms with van der Waals surface area (Å²) >= 11 is 5.85. The first-order valence-corrected chi connectivity index (χ1v) is 11.0. The molecule has 2 bridgehead atoms. The molecule has 0 aromatic heterocycles. The van der Waals surface area contributed by atoms with Crippen LogP contribution in [0.3, 0.4) is 0 Å². The van der Waals surface area contributed by atoms with Crippen LogP contribution in [0.4, 0.5) is 32.4 Å². The fraction of sp³-hybridized carbons (Fsp3) is 0.391. The lowest BCUT2D eigenvalue weighted by Gasteiger charge is -2.28. The van der Waals surface area contributed by atoms with Crippen molar-refractivity contribution in [3.63, 3.8) is 0 Å². The summed E-state index contributed by atoms with van der Waals surface area (Å²) in [6, 6.07) is 9.23. The quantitative estimate of drug-likeness (QED) is 0.431. The van der Waals surface area contributed by atoms with Gasteiger partial charge in [0, 0.05) is 17.6 Å². The van der Waals surface area contributed by atoms with Gasteiger partial charge < -0.3 is 15.2 Å². The van der Waals surface area contributed by atoms with Gasteiger partial charge in [0.05, 0.1) is 17.3 Å². The van der Waals surface area contributed by atoms with Crippen molar-refractivity contribution in [3.8, 4) is 11.1 Å². The fourth-order valence-electron chi connectivity index (χ4n) is 4.19. The number of ether oxygens (including phenoxy) is 1. The van der Waals surface area contributed by atoms with Crippen molar-refractivity contribution in [2.24, 2.45) is 5.92 Å². The van der Waals surface area contributed by atoms with Gasteiger partial charge in [-0.2, -0.15) is 13.2 Å². The van der Waals surface area contributed by atoms with E-state index in [1.807, 2.05) is 0 Å². The number of carbonyl (C=O) groups is 2. The molecule has 2 fully saturated rings. The summed E-state index contributed by atoms with van der Waals surface area (Å²) in [6.07, 6.45) is -1.35. The Labute approximate surface area is 202 Å². The van der Waals surface area contributed by atoms with Crippen molar-refractivity contribution in [2.75, 3.05) is 11.9 Å². The van der Waals surface area contributed by atoms with Gasteiger partial charge in [-0.3, -0.25) is 5.32 Å². The van der Waals surface area contributed by atoms with Crippen LogP contribution >= 0.6 is 11.6 Å². The molecule has 2 heterocycles. The summed E-state index contributed by atoms with van der Waals surface area (Å²) < 4.78 is 64.3. The Bertz CT molecular complexity index is 1070. The Morgan fingerprint density at radius 1 is 1.09 bits per heavy atom. The highest BCUT2D eigenvalue weighted by molar-refractivity contribution is 6.31. The Hall–Kier alpha value is -2.92. The first kappa shape index (κ1) is 26.7. The van der Waals surface area contributed by atoms with Gasteiger partial charge in [0.1, 0.15) is 11.6 Å². The molecule has 2 aliphatic heterocycles. The average molecular weight is 521 g/mol. The number of alkyl halides is 3. The van der Waals surface area contributed by atoms with Gasteiger partial charge in [-0.25, -0.2) is 18.4 Å². The molecular formula is C23H22ClF5N2O4. The Morgan fingerprint density at radius 2 is 1.71 bits per heavy atom. The minimum Gasteiger partial charge on any atom is -0.475 e. The molecule has 2 aromatic rings. The van der Waals surface area contributed by atoms with E-state index in [9.17, 15) is 26.7 Å². The van der Waals surface area contributed by atoms with Gasteiger partial charge in [0.15, 0.2) is 0 Å². The third-order valence-corrected chi connectivity index (χ3v) is 6.00. The van der Waals surface area contributed by atoms with Gasteiger partial charge in [-0.1, -0.05) is 17.7 Å². The van der Waals surface area contributed by atoms with Crippen LogP contribution in [0.1, 0.15) is 25.7 Å². The van der Waals surface area contributed by atoms with Gasteiger partial charge in [-0.05, 0) is 67.5 Å². The molecule has 0 aliphatic carbocycles. The number of hydrogen-bond donors (Lipinski definition) is 3. The number of nitrogens with one attached hydrogen (secondary N) is 2. The van der Waals surface area contributed by atoms with Crippen LogP contribution < -0.4 is 10.6 Å². The first-order chi connectivity index (χ1) is 16.4. The van der Waals surface area contributed by atoms with E-state index in [-0.39, 0.29) is 10.7 Å². The van der Waals surface area contributed by atoms with Crippen molar-refractivity contribution in [1.82, 2.24) is 5.32 Å². The van der Waals surface area contributed by atoms with Gasteiger partial charge >= 0.3 is 18.2 Å². The second kappa shape index (κ2) is 11.2. The molecule has 2 unspecified atom stereocenters. The number of aliphatic carboxylic acids is 1. The lowest BCUT2D eigenvalue weighted by molar-refractivity contribution is -0.192. The zero-order chi connectivity index (χ0) is 25.8. The molecule has 2 aliphatic rings. The number of amides is 1. The molecule has 3 N–H and O–H groups in total. The third-order valence-electron chi connectivity index (χ3n) is 5.71. The van der Waals surface area contributed by atoms with E-state index in [0.29, 0.717) is 35.7 Å². The lowest BCUT2D eigenvalue weighted by Crippen LogP contribution is -2.39. The van der Waals surface area contributed by atoms with Crippen molar-refractivity contribution in [3.05, 3.63) is 53.1 Å². The fourth-order valence-corrected chi connectivity index (χ4v) is 4.37. The van der Waals surface area contributed by atoms with E-state index in [4.69, 9.17) is 26.2 Å². The molecule has 12 heteroatoms. The number of anilines is 1. The Morgan fingerprint density at radius 3 is 2.29 bits per heavy atom. The number of piperidine rings is 1. The predicted octanol–water partition coefficient (Wildman–Crippen LogP) is 6.00. The first-order valence-electron chi connectivity index (χ1n) is 10.7. The number of carboxylic acid groups (broad SMARTS) is 1. The molecule has 4 rings (SSSR count). The van der Waals surface area contributed by atoms with Crippen LogP contribution in [0.15, 0.2) is 36.4 Å². The molecular weight excluding hydrogens is 499 g/mol. The van der Waals surface area contributed by atoms with Gasteiger partial charge in [-0.15, -0.1) is 0 Å². The molecule has 0 saturated carbocycles. The number of halogens is 6. The maximum Gasteiger partial charge on any atom is 0.490 e. The summed E-state index contributed by atoms with van der Waals surface area (Å²) in [4.78, 5) is 21.2. The zero-order valence-electron chi connectivity index (χ0n) is 18.2. The SMILES string of the molecule is O=C(Nc1cc(F)ccc1-c1ccc(F)c(Cl)c1)OCC1CC2CCC(C1)N2.O=C(O)C(F)(F)F. The van der Waals surface area contributed by atoms with E-state index < -0.39 is 29.9 Å². The number of rotatable bonds is 4. The molecule has 0 radical (unpaired) electrons. The summed E-state index contributed by atoms with van der Waals surface area (Å²) in [6.45, 7) is 0.341. The van der Waals surface area contributed by atoms with Crippen LogP contribution in [0.25, 0.3) is 11.1 Å². The molecule has 0 spiro atoms. The zero-order valence-corrected chi connectivity index (χ0v) is 18.9. The van der Waals surface area contributed by atoms with Crippen LogP contribution in [-0.4, -0.2) is 42.0 Å². The van der Waals surface area contributed by atoms with Crippen molar-refractivity contribution < 1.29 is 41.4 Å². The third kappa shape index (κ3) is 7.53. The highest BCUT2D eigenvalue weighted by atomic mass is 35.5. The monoisotopic (exact) mass is 520 g/mol. The summed E-state index contributed by atoms with van der Waals surface area (Å²) in [5, 5.41) is 13.2. The molecule has 2 atom stereocenters. The number of carbonyl (C=O) groups excluding carboxylic acids is 1. The maximum absolute atomic E-state index is 13.7. The van der Waals surface area contributed by atoms with E-state index in [2.05, 4.69) is 10.6 Å². The second-order valence-corrected chi connectivity index (χ2v) is 8.73. The number of fused-ring (bicyclic) bond motifs is 2. The van der Waals surface area contributed by atoms with Crippen LogP contribution in [0.2, 0.25) is 5.02 Å². The predicted molar refractivity (Wildman–Crippen MR) is 118 cm³/mol. The van der Waals surface area contributed by atoms with Crippen molar-refractivity contribution in [2.45, 2.75) is 43.9 Å². The summed E-state index contributed by atoms with van der Waals surface area (Å²) in [5.41, 5.74) is 1.34. The largest absolute Gasteiger partial charge is 0.490 e. The van der Waals surface area contributed by atoms with Crippen LogP contribution in [-0.2, 0) is 9.53 Å². The normalized spacial score (nSPS) is 21.0. The van der Waals surface area contributed by atoms with E-state index >= 15 is 0 Å². The molecule has 2 aromatic carbocycles. The molecule has 2 saturated heterocycles. The Balaban J connectivity index is 0.000000429. The summed E-state index contributed by atoms with van der Waals surface area (Å²) in [7, 11) is 0. The number of benzene rings is 2. The molecule has 35 heavy (non-hydrogen) atoms. The molecule has 6 nitrogen and oxygen atoms in total. The minimum atomic E-state index is -5.08. The van der Waals surface area contributed by atoms with Crippen molar-refractivity contribution in [1.29, 1.82) is 0 Å². The van der Waals surface area contributed by atoms with Gasteiger partial charge in [0.25, 0.3) is 0 Å². The van der Waals surface area contributed by atoms with Crippen LogP contribution in [0.5, 0.6) is 0 Å². The topological polar surface area (TPSA) is 87.7 Å². The highest BCUT2D eigenvalue weighted by Crippen LogP contribution is 2.33. The standard InChI is InChI=1S/C21H21ClF2N2O2.C2HF3O2/c22-18-9-13(1-6-19(18)24)17-5-2-14(23)10-20(17)26-21(27)28-11-12-7-15-3-4-16(8-12)25-15;3-2(4,5)1(6)7/h1-2,5-6,9-10,12,15-16,25H,3-4,7-8,11H2,(H,26,27);(H,6,7). The van der Waals surface area contributed by atoms with Crippen molar-refractivity contribution >= 4 is 29.4 Å². The lowest BCUT2D eigenvalue weighted by atomic mass is 9.93. The van der Waals surface area contributed by atoms with E-state index in [1.54, 1.807) is 0 Å².